The number of hydrogen-bond donors (Lipinski definition) is 1. The maximum absolute atomic E-state index is 12.2. The molecule has 0 bridgehead atoms. The SMILES string of the molecule is CCOC(=O)Cc1csc(SCC(=O)N(C)CC(=O)Nc2ccc(C)cc2)n1. The van der Waals surface area contributed by atoms with Crippen LogP contribution in [0.4, 0.5) is 5.69 Å². The van der Waals surface area contributed by atoms with Crippen molar-refractivity contribution in [1.29, 1.82) is 0 Å². The Hall–Kier alpha value is -2.39. The van der Waals surface area contributed by atoms with Gasteiger partial charge in [0.15, 0.2) is 4.34 Å². The molecular weight excluding hydrogens is 398 g/mol. The van der Waals surface area contributed by atoms with Crippen molar-refractivity contribution in [3.63, 3.8) is 0 Å². The van der Waals surface area contributed by atoms with Gasteiger partial charge in [-0.25, -0.2) is 4.98 Å². The molecule has 0 fully saturated rings. The fraction of sp³-hybridized carbons (Fsp3) is 0.368. The second-order valence-corrected chi connectivity index (χ2v) is 8.12. The van der Waals surface area contributed by atoms with Gasteiger partial charge >= 0.3 is 5.97 Å². The summed E-state index contributed by atoms with van der Waals surface area (Å²) in [6.07, 6.45) is 0.123. The van der Waals surface area contributed by atoms with Crippen LogP contribution < -0.4 is 5.32 Å². The van der Waals surface area contributed by atoms with Gasteiger partial charge in [-0.1, -0.05) is 29.5 Å². The molecule has 1 heterocycles. The molecule has 0 aliphatic rings. The lowest BCUT2D eigenvalue weighted by molar-refractivity contribution is -0.142. The summed E-state index contributed by atoms with van der Waals surface area (Å²) in [5, 5.41) is 4.55. The lowest BCUT2D eigenvalue weighted by atomic mass is 10.2. The first kappa shape index (κ1) is 21.9. The van der Waals surface area contributed by atoms with Crippen molar-refractivity contribution in [2.24, 2.45) is 0 Å². The van der Waals surface area contributed by atoms with Gasteiger partial charge in [0.05, 0.1) is 31.0 Å². The first-order valence-electron chi connectivity index (χ1n) is 8.70. The van der Waals surface area contributed by atoms with Gasteiger partial charge in [-0.05, 0) is 26.0 Å². The van der Waals surface area contributed by atoms with Gasteiger partial charge in [-0.2, -0.15) is 0 Å². The second-order valence-electron chi connectivity index (χ2n) is 6.04. The number of aromatic nitrogens is 1. The zero-order chi connectivity index (χ0) is 20.5. The minimum atomic E-state index is -0.320. The Morgan fingerprint density at radius 3 is 2.64 bits per heavy atom. The Balaban J connectivity index is 1.76. The zero-order valence-electron chi connectivity index (χ0n) is 16.1. The van der Waals surface area contributed by atoms with E-state index in [9.17, 15) is 14.4 Å². The molecule has 2 rings (SSSR count). The van der Waals surface area contributed by atoms with E-state index in [4.69, 9.17) is 4.74 Å². The Morgan fingerprint density at radius 1 is 1.25 bits per heavy atom. The highest BCUT2D eigenvalue weighted by atomic mass is 32.2. The van der Waals surface area contributed by atoms with Crippen LogP contribution in [0.5, 0.6) is 0 Å². The Labute approximate surface area is 172 Å². The number of aryl methyl sites for hydroxylation is 1. The first-order valence-corrected chi connectivity index (χ1v) is 10.6. The van der Waals surface area contributed by atoms with Crippen molar-refractivity contribution in [2.75, 3.05) is 31.3 Å². The van der Waals surface area contributed by atoms with Crippen LogP contribution >= 0.6 is 23.1 Å². The molecule has 0 radical (unpaired) electrons. The number of hydrogen-bond acceptors (Lipinski definition) is 7. The van der Waals surface area contributed by atoms with E-state index >= 15 is 0 Å². The van der Waals surface area contributed by atoms with Crippen LogP contribution in [0, 0.1) is 6.92 Å². The number of thioether (sulfide) groups is 1. The number of nitrogens with zero attached hydrogens (tertiary/aromatic N) is 2. The number of likely N-dealkylation sites (N-methyl/N-ethyl adjacent to an activating group) is 1. The van der Waals surface area contributed by atoms with Crippen LogP contribution in [0.2, 0.25) is 0 Å². The molecule has 1 aromatic heterocycles. The smallest absolute Gasteiger partial charge is 0.311 e. The minimum Gasteiger partial charge on any atom is -0.466 e. The van der Waals surface area contributed by atoms with E-state index in [2.05, 4.69) is 10.3 Å². The summed E-state index contributed by atoms with van der Waals surface area (Å²) in [5.41, 5.74) is 2.43. The van der Waals surface area contributed by atoms with Crippen molar-refractivity contribution in [3.05, 3.63) is 40.9 Å². The van der Waals surface area contributed by atoms with Crippen molar-refractivity contribution in [2.45, 2.75) is 24.6 Å². The maximum atomic E-state index is 12.2. The van der Waals surface area contributed by atoms with Crippen LogP contribution in [0.25, 0.3) is 0 Å². The number of carbonyl (C=O) groups excluding carboxylic acids is 3. The summed E-state index contributed by atoms with van der Waals surface area (Å²) < 4.78 is 5.59. The number of esters is 1. The monoisotopic (exact) mass is 421 g/mol. The number of carbonyl (C=O) groups is 3. The van der Waals surface area contributed by atoms with E-state index in [0.717, 1.165) is 5.56 Å². The molecule has 150 valence electrons. The molecule has 2 amide bonds. The Kier molecular flexibility index (Phi) is 8.46. The fourth-order valence-electron chi connectivity index (χ4n) is 2.17. The molecular formula is C19H23N3O4S2. The first-order chi connectivity index (χ1) is 13.4. The zero-order valence-corrected chi connectivity index (χ0v) is 17.7. The molecule has 0 saturated carbocycles. The van der Waals surface area contributed by atoms with E-state index in [0.29, 0.717) is 22.3 Å². The van der Waals surface area contributed by atoms with Crippen molar-refractivity contribution < 1.29 is 19.1 Å². The van der Waals surface area contributed by atoms with Crippen molar-refractivity contribution >= 4 is 46.6 Å². The van der Waals surface area contributed by atoms with E-state index < -0.39 is 0 Å². The van der Waals surface area contributed by atoms with Gasteiger partial charge in [0.2, 0.25) is 11.8 Å². The highest BCUT2D eigenvalue weighted by molar-refractivity contribution is 8.01. The number of rotatable bonds is 9. The number of thiazole rings is 1. The van der Waals surface area contributed by atoms with Crippen LogP contribution in [-0.2, 0) is 25.5 Å². The molecule has 0 saturated heterocycles. The van der Waals surface area contributed by atoms with Gasteiger partial charge in [-0.3, -0.25) is 14.4 Å². The lowest BCUT2D eigenvalue weighted by Crippen LogP contribution is -2.35. The number of ether oxygens (including phenoxy) is 1. The molecule has 0 spiro atoms. The van der Waals surface area contributed by atoms with Gasteiger partial charge in [-0.15, -0.1) is 11.3 Å². The average Bonchev–Trinajstić information content (AvgIpc) is 3.09. The molecule has 0 unspecified atom stereocenters. The van der Waals surface area contributed by atoms with Crippen LogP contribution in [0.15, 0.2) is 34.0 Å². The van der Waals surface area contributed by atoms with E-state index in [-0.39, 0.29) is 36.5 Å². The molecule has 2 aromatic rings. The third-order valence-corrected chi connectivity index (χ3v) is 5.68. The Morgan fingerprint density at radius 2 is 1.96 bits per heavy atom. The summed E-state index contributed by atoms with van der Waals surface area (Å²) in [4.78, 5) is 41.5. The summed E-state index contributed by atoms with van der Waals surface area (Å²) in [7, 11) is 1.59. The van der Waals surface area contributed by atoms with Gasteiger partial charge in [0.1, 0.15) is 0 Å². The topological polar surface area (TPSA) is 88.6 Å². The van der Waals surface area contributed by atoms with Gasteiger partial charge in [0.25, 0.3) is 0 Å². The minimum absolute atomic E-state index is 0.0285. The van der Waals surface area contributed by atoms with Gasteiger partial charge in [0, 0.05) is 18.1 Å². The normalized spacial score (nSPS) is 10.4. The highest BCUT2D eigenvalue weighted by Gasteiger charge is 2.15. The largest absolute Gasteiger partial charge is 0.466 e. The molecule has 1 aromatic carbocycles. The fourth-order valence-corrected chi connectivity index (χ4v) is 3.96. The van der Waals surface area contributed by atoms with E-state index in [1.54, 1.807) is 19.4 Å². The standard InChI is InChI=1S/C19H23N3O4S2/c1-4-26-18(25)9-15-11-27-19(21-15)28-12-17(24)22(3)10-16(23)20-14-7-5-13(2)6-8-14/h5-8,11H,4,9-10,12H2,1-3H3,(H,20,23). The number of anilines is 1. The quantitative estimate of drug-likeness (QED) is 0.495. The van der Waals surface area contributed by atoms with E-state index in [1.165, 1.54) is 28.0 Å². The maximum Gasteiger partial charge on any atom is 0.311 e. The molecule has 7 nitrogen and oxygen atoms in total. The lowest BCUT2D eigenvalue weighted by Gasteiger charge is -2.16. The van der Waals surface area contributed by atoms with Crippen LogP contribution in [0.3, 0.4) is 0 Å². The molecule has 1 N–H and O–H groups in total. The predicted molar refractivity (Wildman–Crippen MR) is 111 cm³/mol. The Bertz CT molecular complexity index is 821. The molecule has 0 atom stereocenters. The third kappa shape index (κ3) is 7.32. The van der Waals surface area contributed by atoms with Gasteiger partial charge < -0.3 is 15.0 Å². The molecule has 0 aliphatic heterocycles. The molecule has 28 heavy (non-hydrogen) atoms. The van der Waals surface area contributed by atoms with Crippen molar-refractivity contribution in [1.82, 2.24) is 9.88 Å². The number of amides is 2. The van der Waals surface area contributed by atoms with E-state index in [1.807, 2.05) is 31.2 Å². The predicted octanol–water partition coefficient (Wildman–Crippen LogP) is 2.75. The number of benzene rings is 1. The van der Waals surface area contributed by atoms with Crippen LogP contribution in [0.1, 0.15) is 18.2 Å². The molecule has 9 heteroatoms. The molecule has 0 aliphatic carbocycles. The van der Waals surface area contributed by atoms with Crippen LogP contribution in [-0.4, -0.2) is 53.6 Å². The summed E-state index contributed by atoms with van der Waals surface area (Å²) in [6, 6.07) is 7.46. The summed E-state index contributed by atoms with van der Waals surface area (Å²) in [6.45, 7) is 4.03. The summed E-state index contributed by atoms with van der Waals surface area (Å²) >= 11 is 2.66. The highest BCUT2D eigenvalue weighted by Crippen LogP contribution is 2.23. The summed E-state index contributed by atoms with van der Waals surface area (Å²) in [5.74, 6) is -0.581. The average molecular weight is 422 g/mol. The second kappa shape index (κ2) is 10.8. The van der Waals surface area contributed by atoms with Crippen molar-refractivity contribution in [3.8, 4) is 0 Å². The third-order valence-electron chi connectivity index (χ3n) is 3.62. The number of nitrogens with one attached hydrogen (secondary N) is 1.